The molecule has 0 spiro atoms. The molecule has 0 aromatic heterocycles. The van der Waals surface area contributed by atoms with Gasteiger partial charge in [0.05, 0.1) is 0 Å². The van der Waals surface area contributed by atoms with Crippen LogP contribution in [0.4, 0.5) is 0 Å². The number of rotatable bonds is 0. The van der Waals surface area contributed by atoms with E-state index in [2.05, 4.69) is 199 Å². The summed E-state index contributed by atoms with van der Waals surface area (Å²) in [6.07, 6.45) is 15.6. The fourth-order valence-electron chi connectivity index (χ4n) is 7.97. The van der Waals surface area contributed by atoms with Crippen LogP contribution in [0.15, 0.2) is 96.6 Å². The Morgan fingerprint density at radius 1 is 0.603 bits per heavy atom. The molecule has 4 aliphatic rings. The molecule has 0 nitrogen and oxygen atoms in total. The van der Waals surface area contributed by atoms with Gasteiger partial charge in [-0.3, -0.25) is 12.2 Å². The van der Waals surface area contributed by atoms with Crippen LogP contribution >= 0.6 is 24.8 Å². The van der Waals surface area contributed by atoms with Crippen LogP contribution in [-0.2, 0) is 52.3 Å². The zero-order valence-corrected chi connectivity index (χ0v) is 42.2. The molecule has 0 bridgehead atoms. The monoisotopic (exact) mass is 888 g/mol. The second kappa shape index (κ2) is 20.2. The number of hydrogen-bond donors (Lipinski definition) is 0. The number of benzene rings is 4. The van der Waals surface area contributed by atoms with E-state index in [0.717, 1.165) is 12.8 Å². The Labute approximate surface area is 382 Å². The second-order valence-corrected chi connectivity index (χ2v) is 19.8. The summed E-state index contributed by atoms with van der Waals surface area (Å²) in [4.78, 5) is 0. The van der Waals surface area contributed by atoms with Crippen molar-refractivity contribution in [2.24, 2.45) is 5.41 Å². The van der Waals surface area contributed by atoms with E-state index in [4.69, 9.17) is 0 Å². The van der Waals surface area contributed by atoms with Crippen LogP contribution < -0.4 is 0 Å². The van der Waals surface area contributed by atoms with Crippen molar-refractivity contribution in [1.29, 1.82) is 0 Å². The predicted molar refractivity (Wildman–Crippen MR) is 256 cm³/mol. The summed E-state index contributed by atoms with van der Waals surface area (Å²) in [6.45, 7) is 33.6. The van der Waals surface area contributed by atoms with Crippen molar-refractivity contribution in [3.8, 4) is 11.1 Å². The predicted octanol–water partition coefficient (Wildman–Crippen LogP) is 15.5. The molecule has 4 aliphatic carbocycles. The van der Waals surface area contributed by atoms with E-state index >= 15 is 0 Å². The first-order valence-corrected chi connectivity index (χ1v) is 22.0. The third-order valence-electron chi connectivity index (χ3n) is 11.2. The van der Waals surface area contributed by atoms with Gasteiger partial charge in [-0.1, -0.05) is 126 Å². The first kappa shape index (κ1) is 51.3. The molecule has 0 heterocycles. The molecular formula is C55H68Cl2Zr-4. The molecule has 0 aliphatic heterocycles. The van der Waals surface area contributed by atoms with Crippen molar-refractivity contribution < 1.29 is 24.2 Å². The molecule has 4 aromatic rings. The Kier molecular flexibility index (Phi) is 17.8. The average molecular weight is 891 g/mol. The molecule has 8 rings (SSSR count). The van der Waals surface area contributed by atoms with Crippen molar-refractivity contribution >= 4 is 40.2 Å². The van der Waals surface area contributed by atoms with Gasteiger partial charge in [-0.15, -0.1) is 42.9 Å². The fourth-order valence-corrected chi connectivity index (χ4v) is 7.97. The number of halogens is 2. The van der Waals surface area contributed by atoms with E-state index in [0.29, 0.717) is 5.41 Å². The van der Waals surface area contributed by atoms with Gasteiger partial charge >= 0.3 is 28.4 Å². The molecule has 0 saturated carbocycles. The molecule has 0 fully saturated rings. The summed E-state index contributed by atoms with van der Waals surface area (Å²) in [5, 5.41) is 0. The molecule has 4 aromatic carbocycles. The Balaban J connectivity index is 0.000000294. The Bertz CT molecular complexity index is 1990. The van der Waals surface area contributed by atoms with Gasteiger partial charge in [-0.2, -0.15) is 89.0 Å². The van der Waals surface area contributed by atoms with E-state index in [-0.39, 0.29) is 46.5 Å². The Hall–Kier alpha value is -2.83. The van der Waals surface area contributed by atoms with Crippen molar-refractivity contribution in [2.75, 3.05) is 0 Å². The molecule has 0 N–H and O–H groups in total. The molecule has 3 heteroatoms. The van der Waals surface area contributed by atoms with Crippen LogP contribution in [0.2, 0.25) is 0 Å². The molecule has 0 unspecified atom stereocenters. The van der Waals surface area contributed by atoms with E-state index in [1.54, 1.807) is 0 Å². The zero-order chi connectivity index (χ0) is 41.9. The SMILES string of the molecule is CC(C)(C)C1=CC[C-]=C1.CC(C)(C)c1cc[c-]cc1.CC(C)(C)c1cc[c-]cc1.CC1=[C-]C(C)(C)c2cc3c(cc21)-c1cc2c(cc1C3)C(C)(C)C=C2C.Cl.Cl.[CH2]=[Zr]. The van der Waals surface area contributed by atoms with Crippen LogP contribution in [0.25, 0.3) is 22.3 Å². The first-order chi connectivity index (χ1) is 26.0. The summed E-state index contributed by atoms with van der Waals surface area (Å²) < 4.78 is 3.34. The van der Waals surface area contributed by atoms with Crippen molar-refractivity contribution in [1.82, 2.24) is 0 Å². The normalized spacial score (nSPS) is 15.7. The van der Waals surface area contributed by atoms with Crippen LogP contribution in [0.5, 0.6) is 0 Å². The summed E-state index contributed by atoms with van der Waals surface area (Å²) in [6, 6.07) is 32.1. The maximum atomic E-state index is 3.65. The maximum absolute atomic E-state index is 3.65. The van der Waals surface area contributed by atoms with Crippen LogP contribution in [0.3, 0.4) is 0 Å². The van der Waals surface area contributed by atoms with Gasteiger partial charge in [-0.25, -0.2) is 11.6 Å². The van der Waals surface area contributed by atoms with Gasteiger partial charge in [-0.05, 0) is 69.2 Å². The fraction of sp³-hybridized carbons (Fsp3) is 0.400. The quantitative estimate of drug-likeness (QED) is 0.136. The van der Waals surface area contributed by atoms with Crippen molar-refractivity contribution in [3.63, 3.8) is 0 Å². The topological polar surface area (TPSA) is 0 Å². The Morgan fingerprint density at radius 2 is 1.05 bits per heavy atom. The summed E-state index contributed by atoms with van der Waals surface area (Å²) >= 11 is 1.30. The summed E-state index contributed by atoms with van der Waals surface area (Å²) in [5.41, 5.74) is 19.6. The summed E-state index contributed by atoms with van der Waals surface area (Å²) in [5.74, 6) is 0. The van der Waals surface area contributed by atoms with Crippen LogP contribution in [-0.4, -0.2) is 4.21 Å². The molecule has 0 amide bonds. The number of hydrogen-bond acceptors (Lipinski definition) is 0. The van der Waals surface area contributed by atoms with Crippen LogP contribution in [0.1, 0.15) is 155 Å². The minimum atomic E-state index is 0. The third-order valence-corrected chi connectivity index (χ3v) is 11.2. The van der Waals surface area contributed by atoms with Gasteiger partial charge in [0.25, 0.3) is 0 Å². The van der Waals surface area contributed by atoms with Crippen molar-refractivity contribution in [3.05, 3.63) is 165 Å². The molecule has 310 valence electrons. The number of allylic oxidation sites excluding steroid dienone is 8. The molecule has 0 radical (unpaired) electrons. The summed E-state index contributed by atoms with van der Waals surface area (Å²) in [7, 11) is 0. The molecular weight excluding hydrogens is 823 g/mol. The third kappa shape index (κ3) is 12.4. The molecule has 0 saturated heterocycles. The van der Waals surface area contributed by atoms with Gasteiger partial charge < -0.3 is 0 Å². The minimum absolute atomic E-state index is 0. The van der Waals surface area contributed by atoms with Gasteiger partial charge in [0.2, 0.25) is 0 Å². The first-order valence-electron chi connectivity index (χ1n) is 20.2. The number of fused-ring (bicyclic) bond motifs is 5. The standard InChI is InChI=1S/C25H25.2C10H13.C9H13.CH2.2ClH.Zr/c1-14-12-24(3,4)22-8-16-7-17-9-23-19(15(2)13-25(23,5)6)11-21(17)20(16)10-18(14)22;2*1-10(2,3)9-7-5-4-6-8-9;1-9(2,3)8-6-4-5-7-8;;;;/h8-12H,7H2,1-6H3;2*5-8H,1-3H3;6-7H,4H2,1-3H3;1H2;2*1H;/q4*-1;;;;. The average Bonchev–Trinajstić information content (AvgIpc) is 3.89. The van der Waals surface area contributed by atoms with E-state index < -0.39 is 0 Å². The van der Waals surface area contributed by atoms with Crippen LogP contribution in [0, 0.1) is 29.7 Å². The van der Waals surface area contributed by atoms with Crippen molar-refractivity contribution in [2.45, 2.75) is 138 Å². The Morgan fingerprint density at radius 3 is 1.43 bits per heavy atom. The van der Waals surface area contributed by atoms with Gasteiger partial charge in [0, 0.05) is 5.41 Å². The van der Waals surface area contributed by atoms with E-state index in [9.17, 15) is 0 Å². The van der Waals surface area contributed by atoms with E-state index in [1.807, 2.05) is 24.3 Å². The van der Waals surface area contributed by atoms with Gasteiger partial charge in [0.15, 0.2) is 0 Å². The zero-order valence-electron chi connectivity index (χ0n) is 38.1. The van der Waals surface area contributed by atoms with Gasteiger partial charge in [0.1, 0.15) is 0 Å². The van der Waals surface area contributed by atoms with E-state index in [1.165, 1.54) is 96.6 Å². The molecule has 58 heavy (non-hydrogen) atoms. The second-order valence-electron chi connectivity index (χ2n) is 19.8. The molecule has 0 atom stereocenters.